The molecule has 7 nitrogen and oxygen atoms in total. The predicted octanol–water partition coefficient (Wildman–Crippen LogP) is 0.787. The Kier molecular flexibility index (Phi) is 3.70. The second kappa shape index (κ2) is 5.29. The molecule has 1 spiro atoms. The van der Waals surface area contributed by atoms with Crippen LogP contribution in [0.4, 0.5) is 0 Å². The van der Waals surface area contributed by atoms with Gasteiger partial charge in [0.05, 0.1) is 12.1 Å². The van der Waals surface area contributed by atoms with Crippen molar-refractivity contribution in [3.05, 3.63) is 24.0 Å². The summed E-state index contributed by atoms with van der Waals surface area (Å²) in [6.07, 6.45) is 4.05. The molecule has 2 heterocycles. The lowest BCUT2D eigenvalue weighted by molar-refractivity contribution is -0.195. The number of carbonyl (C=O) groups is 1. The molecule has 0 bridgehead atoms. The van der Waals surface area contributed by atoms with Crippen LogP contribution < -0.4 is 0 Å². The summed E-state index contributed by atoms with van der Waals surface area (Å²) in [7, 11) is -3.77. The molecule has 1 unspecified atom stereocenters. The summed E-state index contributed by atoms with van der Waals surface area (Å²) in [6.45, 7) is 1.79. The van der Waals surface area contributed by atoms with Crippen LogP contribution >= 0.6 is 0 Å². The highest BCUT2D eigenvalue weighted by Gasteiger charge is 2.50. The number of ether oxygens (including phenoxy) is 1. The molecule has 1 aliphatic heterocycles. The lowest BCUT2D eigenvalue weighted by atomic mass is 9.79. The summed E-state index contributed by atoms with van der Waals surface area (Å²) >= 11 is 0. The van der Waals surface area contributed by atoms with Crippen molar-refractivity contribution < 1.29 is 23.1 Å². The van der Waals surface area contributed by atoms with Crippen molar-refractivity contribution in [3.63, 3.8) is 0 Å². The topological polar surface area (TPSA) is 96.8 Å². The average Bonchev–Trinajstić information content (AvgIpc) is 2.45. The number of morpholine rings is 1. The van der Waals surface area contributed by atoms with Crippen LogP contribution in [0.3, 0.4) is 0 Å². The number of carboxylic acids is 1. The highest BCUT2D eigenvalue weighted by molar-refractivity contribution is 7.89. The van der Waals surface area contributed by atoms with Crippen molar-refractivity contribution in [3.8, 4) is 0 Å². The molecule has 1 aromatic heterocycles. The Morgan fingerprint density at radius 3 is 2.73 bits per heavy atom. The van der Waals surface area contributed by atoms with Gasteiger partial charge in [-0.3, -0.25) is 4.98 Å². The minimum absolute atomic E-state index is 0.0908. The number of aliphatic carboxylic acids is 1. The standard InChI is InChI=1S/C14H18N2O5S/c1-10-5-11(7-15-6-10)22(19,20)16-8-12(13(17)18)21-14(9-16)3-2-4-14/h5-7,12H,2-4,8-9H2,1H3,(H,17,18). The first-order chi connectivity index (χ1) is 10.3. The molecular weight excluding hydrogens is 308 g/mol. The molecular formula is C14H18N2O5S. The number of aryl methyl sites for hydroxylation is 1. The van der Waals surface area contributed by atoms with Gasteiger partial charge >= 0.3 is 5.97 Å². The molecule has 2 aliphatic rings. The van der Waals surface area contributed by atoms with Crippen molar-refractivity contribution in [2.24, 2.45) is 0 Å². The van der Waals surface area contributed by atoms with Crippen LogP contribution in [-0.4, -0.2) is 53.6 Å². The molecule has 22 heavy (non-hydrogen) atoms. The molecule has 2 fully saturated rings. The number of hydrogen-bond acceptors (Lipinski definition) is 5. The summed E-state index contributed by atoms with van der Waals surface area (Å²) in [5.41, 5.74) is 0.0912. The van der Waals surface area contributed by atoms with E-state index in [0.29, 0.717) is 12.8 Å². The summed E-state index contributed by atoms with van der Waals surface area (Å²) < 4.78 is 32.4. The van der Waals surface area contributed by atoms with E-state index >= 15 is 0 Å². The van der Waals surface area contributed by atoms with Gasteiger partial charge in [-0.1, -0.05) is 0 Å². The first-order valence-electron chi connectivity index (χ1n) is 7.15. The summed E-state index contributed by atoms with van der Waals surface area (Å²) in [5, 5.41) is 9.23. The average molecular weight is 326 g/mol. The Hall–Kier alpha value is -1.51. The van der Waals surface area contributed by atoms with Gasteiger partial charge in [0.1, 0.15) is 4.90 Å². The Bertz CT molecular complexity index is 699. The fourth-order valence-corrected chi connectivity index (χ4v) is 4.49. The molecule has 0 radical (unpaired) electrons. The van der Waals surface area contributed by atoms with Crippen LogP contribution in [0.5, 0.6) is 0 Å². The van der Waals surface area contributed by atoms with Crippen LogP contribution in [0.25, 0.3) is 0 Å². The maximum atomic E-state index is 12.8. The van der Waals surface area contributed by atoms with Gasteiger partial charge in [-0.2, -0.15) is 4.31 Å². The highest BCUT2D eigenvalue weighted by Crippen LogP contribution is 2.41. The van der Waals surface area contributed by atoms with Crippen LogP contribution in [0.1, 0.15) is 24.8 Å². The molecule has 1 atom stereocenters. The molecule has 0 amide bonds. The zero-order valence-corrected chi connectivity index (χ0v) is 13.0. The van der Waals surface area contributed by atoms with Crippen LogP contribution in [0.2, 0.25) is 0 Å². The maximum absolute atomic E-state index is 12.8. The second-order valence-corrected chi connectivity index (χ2v) is 7.91. The Balaban J connectivity index is 1.93. The molecule has 1 saturated heterocycles. The third-order valence-corrected chi connectivity index (χ3v) is 6.03. The summed E-state index contributed by atoms with van der Waals surface area (Å²) in [4.78, 5) is 15.3. The smallest absolute Gasteiger partial charge is 0.334 e. The number of sulfonamides is 1. The van der Waals surface area contributed by atoms with E-state index in [0.717, 1.165) is 12.0 Å². The van der Waals surface area contributed by atoms with E-state index in [9.17, 15) is 18.3 Å². The van der Waals surface area contributed by atoms with Crippen LogP contribution in [0.15, 0.2) is 23.4 Å². The molecule has 1 aromatic rings. The molecule has 0 aromatic carbocycles. The van der Waals surface area contributed by atoms with Crippen molar-refractivity contribution in [2.75, 3.05) is 13.1 Å². The first-order valence-corrected chi connectivity index (χ1v) is 8.59. The minimum atomic E-state index is -3.77. The monoisotopic (exact) mass is 326 g/mol. The van der Waals surface area contributed by atoms with Gasteiger partial charge in [-0.25, -0.2) is 13.2 Å². The lowest BCUT2D eigenvalue weighted by Crippen LogP contribution is -2.61. The van der Waals surface area contributed by atoms with E-state index in [1.54, 1.807) is 19.2 Å². The number of nitrogens with zero attached hydrogens (tertiary/aromatic N) is 2. The van der Waals surface area contributed by atoms with E-state index in [4.69, 9.17) is 4.74 Å². The zero-order chi connectivity index (χ0) is 16.0. The summed E-state index contributed by atoms with van der Waals surface area (Å²) in [6, 6.07) is 1.54. The van der Waals surface area contributed by atoms with E-state index in [1.807, 2.05) is 0 Å². The van der Waals surface area contributed by atoms with Gasteiger partial charge in [0.25, 0.3) is 0 Å². The van der Waals surface area contributed by atoms with E-state index in [2.05, 4.69) is 4.98 Å². The number of hydrogen-bond donors (Lipinski definition) is 1. The van der Waals surface area contributed by atoms with E-state index < -0.39 is 27.7 Å². The number of rotatable bonds is 3. The Morgan fingerprint density at radius 1 is 1.45 bits per heavy atom. The van der Waals surface area contributed by atoms with Gasteiger partial charge in [-0.05, 0) is 37.8 Å². The normalized spacial score (nSPS) is 24.9. The van der Waals surface area contributed by atoms with Gasteiger partial charge < -0.3 is 9.84 Å². The third-order valence-electron chi connectivity index (χ3n) is 4.25. The zero-order valence-electron chi connectivity index (χ0n) is 12.2. The van der Waals surface area contributed by atoms with Crippen molar-refractivity contribution in [1.82, 2.24) is 9.29 Å². The molecule has 120 valence electrons. The molecule has 3 rings (SSSR count). The van der Waals surface area contributed by atoms with E-state index in [1.165, 1.54) is 10.5 Å². The molecule has 1 N–H and O–H groups in total. The fraction of sp³-hybridized carbons (Fsp3) is 0.571. The Labute approximate surface area is 129 Å². The van der Waals surface area contributed by atoms with Gasteiger partial charge in [-0.15, -0.1) is 0 Å². The van der Waals surface area contributed by atoms with Crippen molar-refractivity contribution in [1.29, 1.82) is 0 Å². The quantitative estimate of drug-likeness (QED) is 0.882. The van der Waals surface area contributed by atoms with Gasteiger partial charge in [0, 0.05) is 18.9 Å². The lowest BCUT2D eigenvalue weighted by Gasteiger charge is -2.49. The minimum Gasteiger partial charge on any atom is -0.479 e. The maximum Gasteiger partial charge on any atom is 0.334 e. The SMILES string of the molecule is Cc1cncc(S(=O)(=O)N2CC(C(=O)O)OC3(CCC3)C2)c1. The molecule has 1 saturated carbocycles. The van der Waals surface area contributed by atoms with Crippen molar-refractivity contribution in [2.45, 2.75) is 42.8 Å². The van der Waals surface area contributed by atoms with E-state index in [-0.39, 0.29) is 18.0 Å². The Morgan fingerprint density at radius 2 is 2.18 bits per heavy atom. The second-order valence-electron chi connectivity index (χ2n) is 5.98. The fourth-order valence-electron chi connectivity index (χ4n) is 2.92. The molecule has 1 aliphatic carbocycles. The molecule has 8 heteroatoms. The van der Waals surface area contributed by atoms with Crippen molar-refractivity contribution >= 4 is 16.0 Å². The predicted molar refractivity (Wildman–Crippen MR) is 76.8 cm³/mol. The number of carboxylic acid groups (broad SMARTS) is 1. The summed E-state index contributed by atoms with van der Waals surface area (Å²) in [5.74, 6) is -1.13. The number of aromatic nitrogens is 1. The van der Waals surface area contributed by atoms with Crippen LogP contribution in [0, 0.1) is 6.92 Å². The number of pyridine rings is 1. The third kappa shape index (κ3) is 2.62. The van der Waals surface area contributed by atoms with Crippen LogP contribution in [-0.2, 0) is 19.6 Å². The van der Waals surface area contributed by atoms with Gasteiger partial charge in [0.2, 0.25) is 10.0 Å². The van der Waals surface area contributed by atoms with Gasteiger partial charge in [0.15, 0.2) is 6.10 Å². The largest absolute Gasteiger partial charge is 0.479 e. The first kappa shape index (κ1) is 15.4. The highest BCUT2D eigenvalue weighted by atomic mass is 32.2.